The van der Waals surface area contributed by atoms with Crippen molar-refractivity contribution >= 4 is 63.1 Å². The van der Waals surface area contributed by atoms with Crippen LogP contribution in [-0.2, 0) is 11.3 Å². The van der Waals surface area contributed by atoms with Gasteiger partial charge in [0.25, 0.3) is 11.5 Å². The van der Waals surface area contributed by atoms with Gasteiger partial charge in [-0.3, -0.25) is 14.2 Å². The molecule has 7 rings (SSSR count). The van der Waals surface area contributed by atoms with E-state index in [0.717, 1.165) is 22.0 Å². The first-order valence-corrected chi connectivity index (χ1v) is 17.0. The van der Waals surface area contributed by atoms with Crippen molar-refractivity contribution in [1.29, 1.82) is 0 Å². The highest BCUT2D eigenvalue weighted by Crippen LogP contribution is 2.36. The van der Waals surface area contributed by atoms with Crippen molar-refractivity contribution < 1.29 is 14.3 Å². The molecule has 1 aliphatic rings. The van der Waals surface area contributed by atoms with E-state index in [1.807, 2.05) is 85.1 Å². The molecule has 4 aromatic carbocycles. The third kappa shape index (κ3) is 6.17. The maximum absolute atomic E-state index is 14.5. The summed E-state index contributed by atoms with van der Waals surface area (Å²) in [5.74, 6) is 0.660. The SMILES string of the molecule is COc1ccc([C@H]2C(C(=O)Nc3ccccc3)=C(C)N=c3s/c(=C\c4cn(Cc5ccc(Cl)c(Cl)c5)c5ccccc45)c(=O)n32)cc1OC. The van der Waals surface area contributed by atoms with Gasteiger partial charge in [0.1, 0.15) is 0 Å². The standard InChI is InChI=1S/C38H30Cl2N4O4S/c1-22-34(36(45)42-26-9-5-4-6-10-26)35(24-14-16-31(47-2)32(18-24)48-3)44-37(46)33(49-38(44)41-22)19-25-21-43(30-12-8-7-11-27(25)30)20-23-13-15-28(39)29(40)17-23/h4-19,21,35H,20H2,1-3H3,(H,42,45)/b33-19-/t35-/m0/s1. The van der Waals surface area contributed by atoms with Gasteiger partial charge in [-0.25, -0.2) is 4.99 Å². The number of benzene rings is 4. The van der Waals surface area contributed by atoms with Crippen LogP contribution in [0.25, 0.3) is 17.0 Å². The van der Waals surface area contributed by atoms with Crippen molar-refractivity contribution in [3.05, 3.63) is 155 Å². The molecular formula is C38H30Cl2N4O4S. The van der Waals surface area contributed by atoms with Crippen LogP contribution < -0.4 is 29.7 Å². The Hall–Kier alpha value is -5.09. The number of thiazole rings is 1. The lowest BCUT2D eigenvalue weighted by Gasteiger charge is -2.26. The third-order valence-corrected chi connectivity index (χ3v) is 10.2. The molecule has 1 atom stereocenters. The molecule has 0 spiro atoms. The van der Waals surface area contributed by atoms with Gasteiger partial charge in [0.2, 0.25) is 0 Å². The van der Waals surface area contributed by atoms with Crippen LogP contribution >= 0.6 is 34.5 Å². The van der Waals surface area contributed by atoms with Crippen LogP contribution in [0.3, 0.4) is 0 Å². The van der Waals surface area contributed by atoms with Gasteiger partial charge >= 0.3 is 0 Å². The van der Waals surface area contributed by atoms with Crippen LogP contribution in [0.2, 0.25) is 10.0 Å². The van der Waals surface area contributed by atoms with Crippen molar-refractivity contribution in [2.45, 2.75) is 19.5 Å². The third-order valence-electron chi connectivity index (χ3n) is 8.46. The van der Waals surface area contributed by atoms with Crippen molar-refractivity contribution in [3.63, 3.8) is 0 Å². The number of amides is 1. The van der Waals surface area contributed by atoms with Gasteiger partial charge in [0.15, 0.2) is 16.3 Å². The van der Waals surface area contributed by atoms with E-state index in [9.17, 15) is 9.59 Å². The number of para-hydroxylation sites is 2. The highest BCUT2D eigenvalue weighted by Gasteiger charge is 2.33. The summed E-state index contributed by atoms with van der Waals surface area (Å²) in [5.41, 5.74) is 4.79. The first kappa shape index (κ1) is 32.5. The summed E-state index contributed by atoms with van der Waals surface area (Å²) in [4.78, 5) is 33.7. The second kappa shape index (κ2) is 13.4. The Morgan fingerprint density at radius 2 is 1.69 bits per heavy atom. The number of hydrogen-bond donors (Lipinski definition) is 1. The number of anilines is 1. The molecule has 1 aliphatic heterocycles. The predicted molar refractivity (Wildman–Crippen MR) is 196 cm³/mol. The van der Waals surface area contributed by atoms with Gasteiger partial charge in [-0.1, -0.05) is 83.1 Å². The monoisotopic (exact) mass is 708 g/mol. The van der Waals surface area contributed by atoms with E-state index in [4.69, 9.17) is 37.7 Å². The van der Waals surface area contributed by atoms with Crippen LogP contribution in [-0.4, -0.2) is 29.3 Å². The summed E-state index contributed by atoms with van der Waals surface area (Å²) in [5, 5.41) is 4.97. The topological polar surface area (TPSA) is 86.9 Å². The van der Waals surface area contributed by atoms with Crippen LogP contribution in [0, 0.1) is 0 Å². The molecule has 0 saturated heterocycles. The minimum absolute atomic E-state index is 0.262. The van der Waals surface area contributed by atoms with Gasteiger partial charge in [-0.2, -0.15) is 0 Å². The first-order chi connectivity index (χ1) is 23.7. The van der Waals surface area contributed by atoms with Crippen LogP contribution in [0.1, 0.15) is 29.7 Å². The fraction of sp³-hybridized carbons (Fsp3) is 0.132. The van der Waals surface area contributed by atoms with Gasteiger partial charge in [-0.05, 0) is 66.6 Å². The van der Waals surface area contributed by atoms with E-state index in [1.165, 1.54) is 11.3 Å². The Morgan fingerprint density at radius 1 is 0.939 bits per heavy atom. The fourth-order valence-electron chi connectivity index (χ4n) is 6.17. The zero-order valence-corrected chi connectivity index (χ0v) is 29.1. The van der Waals surface area contributed by atoms with Gasteiger partial charge in [-0.15, -0.1) is 0 Å². The predicted octanol–water partition coefficient (Wildman–Crippen LogP) is 7.20. The van der Waals surface area contributed by atoms with E-state index in [0.29, 0.717) is 59.9 Å². The van der Waals surface area contributed by atoms with Gasteiger partial charge in [0.05, 0.1) is 46.1 Å². The van der Waals surface area contributed by atoms with Gasteiger partial charge < -0.3 is 19.4 Å². The number of nitrogens with one attached hydrogen (secondary N) is 1. The second-order valence-electron chi connectivity index (χ2n) is 11.5. The summed E-state index contributed by atoms with van der Waals surface area (Å²) < 4.78 is 15.3. The Bertz CT molecular complexity index is 2470. The molecule has 2 aromatic heterocycles. The largest absolute Gasteiger partial charge is 0.493 e. The summed E-state index contributed by atoms with van der Waals surface area (Å²) in [6.07, 6.45) is 3.92. The average molecular weight is 710 g/mol. The molecule has 0 radical (unpaired) electrons. The Labute approximate surface area is 295 Å². The lowest BCUT2D eigenvalue weighted by Crippen LogP contribution is -2.40. The number of allylic oxidation sites excluding steroid dienone is 1. The van der Waals surface area contributed by atoms with Crippen molar-refractivity contribution in [2.24, 2.45) is 4.99 Å². The number of aromatic nitrogens is 2. The minimum atomic E-state index is -0.780. The summed E-state index contributed by atoms with van der Waals surface area (Å²) in [6, 6.07) is 27.5. The molecule has 0 bridgehead atoms. The highest BCUT2D eigenvalue weighted by atomic mass is 35.5. The fourth-order valence-corrected chi connectivity index (χ4v) is 7.53. The smallest absolute Gasteiger partial charge is 0.271 e. The maximum Gasteiger partial charge on any atom is 0.271 e. The average Bonchev–Trinajstić information content (AvgIpc) is 3.61. The summed E-state index contributed by atoms with van der Waals surface area (Å²) in [7, 11) is 3.11. The second-order valence-corrected chi connectivity index (χ2v) is 13.3. The van der Waals surface area contributed by atoms with E-state index < -0.39 is 6.04 Å². The molecule has 0 aliphatic carbocycles. The molecule has 0 saturated carbocycles. The van der Waals surface area contributed by atoms with Crippen LogP contribution in [0.5, 0.6) is 11.5 Å². The van der Waals surface area contributed by atoms with E-state index in [1.54, 1.807) is 43.9 Å². The molecule has 3 heterocycles. The molecule has 0 fully saturated rings. The Morgan fingerprint density at radius 3 is 2.45 bits per heavy atom. The highest BCUT2D eigenvalue weighted by molar-refractivity contribution is 7.07. The molecule has 246 valence electrons. The number of carbonyl (C=O) groups is 1. The summed E-state index contributed by atoms with van der Waals surface area (Å²) >= 11 is 13.8. The van der Waals surface area contributed by atoms with Crippen molar-refractivity contribution in [2.75, 3.05) is 19.5 Å². The summed E-state index contributed by atoms with van der Waals surface area (Å²) in [6.45, 7) is 2.35. The first-order valence-electron chi connectivity index (χ1n) is 15.4. The number of nitrogens with zero attached hydrogens (tertiary/aromatic N) is 3. The Balaban J connectivity index is 1.37. The molecule has 6 aromatic rings. The molecule has 8 nitrogen and oxygen atoms in total. The van der Waals surface area contributed by atoms with Crippen molar-refractivity contribution in [3.8, 4) is 11.5 Å². The van der Waals surface area contributed by atoms with E-state index >= 15 is 0 Å². The number of ether oxygens (including phenoxy) is 2. The lowest BCUT2D eigenvalue weighted by atomic mass is 9.94. The van der Waals surface area contributed by atoms with Crippen molar-refractivity contribution in [1.82, 2.24) is 9.13 Å². The maximum atomic E-state index is 14.5. The number of carbonyl (C=O) groups excluding carboxylic acids is 1. The molecule has 49 heavy (non-hydrogen) atoms. The number of methoxy groups -OCH3 is 2. The van der Waals surface area contributed by atoms with E-state index in [-0.39, 0.29) is 11.5 Å². The zero-order chi connectivity index (χ0) is 34.2. The van der Waals surface area contributed by atoms with Crippen LogP contribution in [0.4, 0.5) is 5.69 Å². The molecular weight excluding hydrogens is 679 g/mol. The van der Waals surface area contributed by atoms with Crippen LogP contribution in [0.15, 0.2) is 118 Å². The molecule has 1 amide bonds. The number of hydrogen-bond acceptors (Lipinski definition) is 6. The molecule has 0 unspecified atom stereocenters. The molecule has 1 N–H and O–H groups in total. The zero-order valence-electron chi connectivity index (χ0n) is 26.7. The molecule has 11 heteroatoms. The minimum Gasteiger partial charge on any atom is -0.493 e. The number of fused-ring (bicyclic) bond motifs is 2. The Kier molecular flexibility index (Phi) is 8.90. The number of rotatable bonds is 8. The quantitative estimate of drug-likeness (QED) is 0.181. The lowest BCUT2D eigenvalue weighted by molar-refractivity contribution is -0.113. The normalized spacial score (nSPS) is 14.5. The van der Waals surface area contributed by atoms with Gasteiger partial charge in [0, 0.05) is 34.9 Å². The number of halogens is 2. The van der Waals surface area contributed by atoms with E-state index in [2.05, 4.69) is 9.88 Å².